The van der Waals surface area contributed by atoms with Crippen molar-refractivity contribution < 1.29 is 8.42 Å². The molecule has 0 aromatic carbocycles. The van der Waals surface area contributed by atoms with E-state index in [1.807, 2.05) is 12.3 Å². The Hall–Kier alpha value is -0.100. The van der Waals surface area contributed by atoms with Crippen LogP contribution in [0.1, 0.15) is 29.8 Å². The zero-order chi connectivity index (χ0) is 12.5. The summed E-state index contributed by atoms with van der Waals surface area (Å²) in [4.78, 5) is 1.33. The molecule has 3 nitrogen and oxygen atoms in total. The average molecular weight is 294 g/mol. The largest absolute Gasteiger partial charge is 0.215 e. The van der Waals surface area contributed by atoms with Crippen LogP contribution < -0.4 is 0 Å². The average Bonchev–Trinajstić information content (AvgIpc) is 2.75. The van der Waals surface area contributed by atoms with E-state index in [2.05, 4.69) is 6.07 Å². The molecule has 1 aliphatic heterocycles. The second kappa shape index (κ2) is 5.26. The Balaban J connectivity index is 2.33. The van der Waals surface area contributed by atoms with Gasteiger partial charge in [0.15, 0.2) is 0 Å². The van der Waals surface area contributed by atoms with Gasteiger partial charge in [-0.1, -0.05) is 6.92 Å². The molecule has 1 atom stereocenters. The fourth-order valence-electron chi connectivity index (χ4n) is 2.34. The first-order chi connectivity index (χ1) is 8.10. The molecule has 17 heavy (non-hydrogen) atoms. The normalized spacial score (nSPS) is 21.4. The van der Waals surface area contributed by atoms with Gasteiger partial charge in [-0.15, -0.1) is 22.9 Å². The molecule has 1 aromatic rings. The third-order valence-corrected chi connectivity index (χ3v) is 6.41. The molecule has 0 spiro atoms. The number of rotatable bonds is 4. The zero-order valence-corrected chi connectivity index (χ0v) is 12.1. The van der Waals surface area contributed by atoms with Crippen molar-refractivity contribution in [1.82, 2.24) is 4.31 Å². The lowest BCUT2D eigenvalue weighted by atomic mass is 10.0. The van der Waals surface area contributed by atoms with Crippen molar-refractivity contribution in [3.05, 3.63) is 21.9 Å². The summed E-state index contributed by atoms with van der Waals surface area (Å²) in [6.45, 7) is 2.62. The molecule has 1 aliphatic rings. The third-order valence-electron chi connectivity index (χ3n) is 3.12. The summed E-state index contributed by atoms with van der Waals surface area (Å²) in [5.41, 5.74) is 1.18. The van der Waals surface area contributed by atoms with Crippen molar-refractivity contribution in [3.8, 4) is 0 Å². The van der Waals surface area contributed by atoms with Crippen LogP contribution >= 0.6 is 22.9 Å². The molecule has 2 rings (SSSR count). The first kappa shape index (κ1) is 13.3. The smallest absolute Gasteiger partial charge is 0.212 e. The van der Waals surface area contributed by atoms with Gasteiger partial charge in [0.25, 0.3) is 0 Å². The Morgan fingerprint density at radius 2 is 2.35 bits per heavy atom. The van der Waals surface area contributed by atoms with E-state index < -0.39 is 10.0 Å². The van der Waals surface area contributed by atoms with E-state index in [-0.39, 0.29) is 17.7 Å². The highest BCUT2D eigenvalue weighted by Crippen LogP contribution is 2.36. The fraction of sp³-hybridized carbons (Fsp3) is 0.636. The lowest BCUT2D eigenvalue weighted by Gasteiger charge is -2.34. The molecule has 2 heterocycles. The number of sulfonamides is 1. The van der Waals surface area contributed by atoms with E-state index in [1.165, 1.54) is 10.4 Å². The molecule has 1 aromatic heterocycles. The van der Waals surface area contributed by atoms with E-state index in [0.717, 1.165) is 12.8 Å². The Morgan fingerprint density at radius 3 is 3.00 bits per heavy atom. The van der Waals surface area contributed by atoms with Gasteiger partial charge >= 0.3 is 0 Å². The predicted octanol–water partition coefficient (Wildman–Crippen LogP) is 2.63. The van der Waals surface area contributed by atoms with Gasteiger partial charge in [-0.25, -0.2) is 8.42 Å². The number of halogens is 1. The summed E-state index contributed by atoms with van der Waals surface area (Å²) in [6.07, 6.45) is 1.64. The van der Waals surface area contributed by atoms with Crippen LogP contribution in [0.25, 0.3) is 0 Å². The second-order valence-electron chi connectivity index (χ2n) is 4.09. The van der Waals surface area contributed by atoms with Crippen molar-refractivity contribution in [1.29, 1.82) is 0 Å². The molecule has 96 valence electrons. The summed E-state index contributed by atoms with van der Waals surface area (Å²) in [5, 5.41) is 2.05. The Labute approximate surface area is 111 Å². The lowest BCUT2D eigenvalue weighted by Crippen LogP contribution is -2.40. The maximum atomic E-state index is 12.1. The van der Waals surface area contributed by atoms with E-state index in [0.29, 0.717) is 6.54 Å². The standard InChI is InChI=1S/C11H16ClNO2S2/c1-2-10-9-4-7-16-11(9)3-6-13(10)17(14,15)8-5-12/h4,7,10H,2-3,5-6,8H2,1H3. The lowest BCUT2D eigenvalue weighted by molar-refractivity contribution is 0.304. The highest BCUT2D eigenvalue weighted by atomic mass is 35.5. The van der Waals surface area contributed by atoms with Gasteiger partial charge < -0.3 is 0 Å². The topological polar surface area (TPSA) is 37.4 Å². The Bertz CT molecular complexity index is 483. The molecule has 0 aliphatic carbocycles. The minimum absolute atomic E-state index is 0.00165. The van der Waals surface area contributed by atoms with Crippen molar-refractivity contribution in [3.63, 3.8) is 0 Å². The quantitative estimate of drug-likeness (QED) is 0.800. The van der Waals surface area contributed by atoms with Gasteiger partial charge in [-0.05, 0) is 29.9 Å². The molecule has 0 saturated carbocycles. The molecule has 0 fully saturated rings. The van der Waals surface area contributed by atoms with Crippen LogP contribution in [-0.2, 0) is 16.4 Å². The Kier molecular flexibility index (Phi) is 4.13. The highest BCUT2D eigenvalue weighted by Gasteiger charge is 2.34. The van der Waals surface area contributed by atoms with Gasteiger partial charge in [0.05, 0.1) is 11.8 Å². The molecule has 0 N–H and O–H groups in total. The van der Waals surface area contributed by atoms with Gasteiger partial charge in [0, 0.05) is 17.3 Å². The molecular formula is C11H16ClNO2S2. The number of hydrogen-bond acceptors (Lipinski definition) is 3. The molecule has 6 heteroatoms. The molecule has 1 unspecified atom stereocenters. The van der Waals surface area contributed by atoms with E-state index in [9.17, 15) is 8.42 Å². The number of nitrogens with zero attached hydrogens (tertiary/aromatic N) is 1. The number of thiophene rings is 1. The van der Waals surface area contributed by atoms with Crippen LogP contribution in [0.15, 0.2) is 11.4 Å². The van der Waals surface area contributed by atoms with Crippen molar-refractivity contribution in [2.24, 2.45) is 0 Å². The Morgan fingerprint density at radius 1 is 1.59 bits per heavy atom. The van der Waals surface area contributed by atoms with Crippen LogP contribution in [0, 0.1) is 0 Å². The van der Waals surface area contributed by atoms with Gasteiger partial charge in [0.2, 0.25) is 10.0 Å². The zero-order valence-electron chi connectivity index (χ0n) is 9.73. The summed E-state index contributed by atoms with van der Waals surface area (Å²) in [5.74, 6) is 0.191. The summed E-state index contributed by atoms with van der Waals surface area (Å²) >= 11 is 7.29. The van der Waals surface area contributed by atoms with Crippen LogP contribution in [0.3, 0.4) is 0 Å². The first-order valence-corrected chi connectivity index (χ1v) is 8.74. The summed E-state index contributed by atoms with van der Waals surface area (Å²) in [6, 6.07) is 2.05. The number of fused-ring (bicyclic) bond motifs is 1. The van der Waals surface area contributed by atoms with Crippen molar-refractivity contribution in [2.75, 3.05) is 18.2 Å². The molecule has 0 saturated heterocycles. The SMILES string of the molecule is CCC1c2ccsc2CCN1S(=O)(=O)CCCl. The minimum atomic E-state index is -3.21. The second-order valence-corrected chi connectivity index (χ2v) is 7.51. The van der Waals surface area contributed by atoms with Crippen LogP contribution in [-0.4, -0.2) is 30.9 Å². The van der Waals surface area contributed by atoms with Crippen LogP contribution in [0.4, 0.5) is 0 Å². The van der Waals surface area contributed by atoms with Gasteiger partial charge in [0.1, 0.15) is 0 Å². The van der Waals surface area contributed by atoms with Crippen LogP contribution in [0.2, 0.25) is 0 Å². The number of alkyl halides is 1. The molecular weight excluding hydrogens is 278 g/mol. The molecule has 0 radical (unpaired) electrons. The predicted molar refractivity (Wildman–Crippen MR) is 72.3 cm³/mol. The van der Waals surface area contributed by atoms with Crippen LogP contribution in [0.5, 0.6) is 0 Å². The molecule has 0 amide bonds. The summed E-state index contributed by atoms with van der Waals surface area (Å²) in [7, 11) is -3.21. The fourth-order valence-corrected chi connectivity index (χ4v) is 5.31. The van der Waals surface area contributed by atoms with E-state index in [4.69, 9.17) is 11.6 Å². The van der Waals surface area contributed by atoms with Crippen molar-refractivity contribution in [2.45, 2.75) is 25.8 Å². The minimum Gasteiger partial charge on any atom is -0.212 e. The monoisotopic (exact) mass is 293 g/mol. The van der Waals surface area contributed by atoms with Gasteiger partial charge in [-0.3, -0.25) is 0 Å². The maximum Gasteiger partial charge on any atom is 0.215 e. The maximum absolute atomic E-state index is 12.1. The summed E-state index contributed by atoms with van der Waals surface area (Å²) < 4.78 is 25.9. The highest BCUT2D eigenvalue weighted by molar-refractivity contribution is 7.89. The van der Waals surface area contributed by atoms with E-state index in [1.54, 1.807) is 15.6 Å². The van der Waals surface area contributed by atoms with Crippen molar-refractivity contribution >= 4 is 33.0 Å². The van der Waals surface area contributed by atoms with Gasteiger partial charge in [-0.2, -0.15) is 4.31 Å². The molecule has 0 bridgehead atoms. The first-order valence-electron chi connectivity index (χ1n) is 5.72. The third kappa shape index (κ3) is 2.52. The number of hydrogen-bond donors (Lipinski definition) is 0. The van der Waals surface area contributed by atoms with E-state index >= 15 is 0 Å².